The zero-order chi connectivity index (χ0) is 19.4. The smallest absolute Gasteiger partial charge is 0.380 e. The highest BCUT2D eigenvalue weighted by Crippen LogP contribution is 2.49. The Morgan fingerprint density at radius 1 is 1.04 bits per heavy atom. The highest BCUT2D eigenvalue weighted by Gasteiger charge is 2.34. The summed E-state index contributed by atoms with van der Waals surface area (Å²) in [5, 5.41) is 5.27. The predicted octanol–water partition coefficient (Wildman–Crippen LogP) is 3.70. The SMILES string of the molecule is CCOP(=O)(OCC)c1c2ccccc2nn1-c1ccc(C(=O)OC)cc1. The number of ether oxygens (including phenoxy) is 1. The van der Waals surface area contributed by atoms with Crippen molar-refractivity contribution in [1.82, 2.24) is 9.78 Å². The van der Waals surface area contributed by atoms with Gasteiger partial charge in [-0.25, -0.2) is 9.48 Å². The third kappa shape index (κ3) is 3.67. The van der Waals surface area contributed by atoms with Gasteiger partial charge in [0.1, 0.15) is 0 Å². The number of hydrogen-bond acceptors (Lipinski definition) is 6. The molecule has 7 nitrogen and oxygen atoms in total. The predicted molar refractivity (Wildman–Crippen MR) is 103 cm³/mol. The highest BCUT2D eigenvalue weighted by molar-refractivity contribution is 7.62. The van der Waals surface area contributed by atoms with Crippen LogP contribution in [0.15, 0.2) is 48.5 Å². The summed E-state index contributed by atoms with van der Waals surface area (Å²) in [6.45, 7) is 4.00. The van der Waals surface area contributed by atoms with Crippen LogP contribution in [0.2, 0.25) is 0 Å². The van der Waals surface area contributed by atoms with Crippen molar-refractivity contribution in [1.29, 1.82) is 0 Å². The van der Waals surface area contributed by atoms with Crippen molar-refractivity contribution < 1.29 is 23.1 Å². The van der Waals surface area contributed by atoms with Gasteiger partial charge in [-0.15, -0.1) is 0 Å². The van der Waals surface area contributed by atoms with Gasteiger partial charge in [0.15, 0.2) is 5.44 Å². The monoisotopic (exact) mass is 388 g/mol. The van der Waals surface area contributed by atoms with Crippen molar-refractivity contribution in [3.63, 3.8) is 0 Å². The van der Waals surface area contributed by atoms with Crippen molar-refractivity contribution in [3.05, 3.63) is 54.1 Å². The average Bonchev–Trinajstić information content (AvgIpc) is 3.08. The van der Waals surface area contributed by atoms with Gasteiger partial charge in [0, 0.05) is 5.39 Å². The molecule has 0 aliphatic heterocycles. The molecule has 0 bridgehead atoms. The lowest BCUT2D eigenvalue weighted by atomic mass is 10.2. The molecule has 0 radical (unpaired) electrons. The van der Waals surface area contributed by atoms with E-state index in [0.717, 1.165) is 0 Å². The van der Waals surface area contributed by atoms with Gasteiger partial charge in [0.05, 0.1) is 37.1 Å². The summed E-state index contributed by atoms with van der Waals surface area (Å²) in [5.41, 5.74) is 2.09. The zero-order valence-electron chi connectivity index (χ0n) is 15.4. The number of fused-ring (bicyclic) bond motifs is 1. The second-order valence-corrected chi connectivity index (χ2v) is 7.56. The van der Waals surface area contributed by atoms with Crippen molar-refractivity contribution >= 4 is 29.9 Å². The van der Waals surface area contributed by atoms with E-state index < -0.39 is 13.6 Å². The van der Waals surface area contributed by atoms with Gasteiger partial charge in [-0.1, -0.05) is 18.2 Å². The Balaban J connectivity index is 2.21. The molecule has 0 N–H and O–H groups in total. The normalized spacial score (nSPS) is 11.7. The Morgan fingerprint density at radius 3 is 2.26 bits per heavy atom. The first-order valence-electron chi connectivity index (χ1n) is 8.60. The van der Waals surface area contributed by atoms with Crippen molar-refractivity contribution in [2.24, 2.45) is 0 Å². The second-order valence-electron chi connectivity index (χ2n) is 5.62. The fraction of sp³-hybridized carbons (Fsp3) is 0.263. The largest absolute Gasteiger partial charge is 0.465 e. The maximum Gasteiger partial charge on any atom is 0.380 e. The molecule has 0 saturated carbocycles. The molecule has 0 saturated heterocycles. The summed E-state index contributed by atoms with van der Waals surface area (Å²) in [4.78, 5) is 11.7. The van der Waals surface area contributed by atoms with Gasteiger partial charge < -0.3 is 13.8 Å². The Kier molecular flexibility index (Phi) is 5.75. The first-order valence-corrected chi connectivity index (χ1v) is 10.1. The summed E-state index contributed by atoms with van der Waals surface area (Å²) >= 11 is 0. The highest BCUT2D eigenvalue weighted by atomic mass is 31.2. The molecule has 8 heteroatoms. The van der Waals surface area contributed by atoms with E-state index in [0.29, 0.717) is 27.6 Å². The molecule has 0 spiro atoms. The molecule has 0 amide bonds. The molecule has 27 heavy (non-hydrogen) atoms. The maximum absolute atomic E-state index is 13.5. The first kappa shape index (κ1) is 19.3. The van der Waals surface area contributed by atoms with E-state index in [2.05, 4.69) is 5.10 Å². The summed E-state index contributed by atoms with van der Waals surface area (Å²) < 4.78 is 30.9. The van der Waals surface area contributed by atoms with E-state index in [4.69, 9.17) is 13.8 Å². The van der Waals surface area contributed by atoms with E-state index in [1.165, 1.54) is 7.11 Å². The summed E-state index contributed by atoms with van der Waals surface area (Å²) in [6, 6.07) is 14.1. The Hall–Kier alpha value is -2.47. The lowest BCUT2D eigenvalue weighted by Gasteiger charge is -2.18. The number of esters is 1. The molecule has 142 valence electrons. The second kappa shape index (κ2) is 8.05. The van der Waals surface area contributed by atoms with Gasteiger partial charge in [0.2, 0.25) is 0 Å². The van der Waals surface area contributed by atoms with Crippen LogP contribution in [0, 0.1) is 0 Å². The minimum absolute atomic E-state index is 0.234. The van der Waals surface area contributed by atoms with Gasteiger partial charge in [-0.2, -0.15) is 5.10 Å². The molecular weight excluding hydrogens is 367 g/mol. The van der Waals surface area contributed by atoms with Gasteiger partial charge in [0.25, 0.3) is 0 Å². The zero-order valence-corrected chi connectivity index (χ0v) is 16.3. The Labute approximate surface area is 157 Å². The fourth-order valence-electron chi connectivity index (χ4n) is 2.82. The number of nitrogens with zero attached hydrogens (tertiary/aromatic N) is 2. The summed E-state index contributed by atoms with van der Waals surface area (Å²) in [5.74, 6) is -0.429. The van der Waals surface area contributed by atoms with E-state index in [9.17, 15) is 9.36 Å². The van der Waals surface area contributed by atoms with Crippen molar-refractivity contribution in [3.8, 4) is 5.69 Å². The van der Waals surface area contributed by atoms with Crippen LogP contribution in [-0.4, -0.2) is 36.1 Å². The molecular formula is C19H21N2O5P. The quantitative estimate of drug-likeness (QED) is 0.454. The number of carbonyl (C=O) groups excluding carboxylic acids is 1. The molecule has 1 heterocycles. The van der Waals surface area contributed by atoms with E-state index >= 15 is 0 Å². The number of benzene rings is 2. The maximum atomic E-state index is 13.5. The topological polar surface area (TPSA) is 79.7 Å². The third-order valence-corrected chi connectivity index (χ3v) is 6.09. The number of hydrogen-bond donors (Lipinski definition) is 0. The molecule has 0 fully saturated rings. The molecule has 2 aromatic carbocycles. The van der Waals surface area contributed by atoms with Crippen molar-refractivity contribution in [2.45, 2.75) is 13.8 Å². The Morgan fingerprint density at radius 2 is 1.67 bits per heavy atom. The molecule has 0 unspecified atom stereocenters. The van der Waals surface area contributed by atoms with Crippen LogP contribution in [0.3, 0.4) is 0 Å². The minimum atomic E-state index is -3.60. The van der Waals surface area contributed by atoms with Crippen LogP contribution in [0.5, 0.6) is 0 Å². The molecule has 3 rings (SSSR count). The van der Waals surface area contributed by atoms with Gasteiger partial charge >= 0.3 is 13.6 Å². The fourth-order valence-corrected chi connectivity index (χ4v) is 4.69. The van der Waals surface area contributed by atoms with E-state index in [1.54, 1.807) is 42.8 Å². The molecule has 3 aromatic rings. The van der Waals surface area contributed by atoms with Crippen LogP contribution in [-0.2, 0) is 18.3 Å². The average molecular weight is 388 g/mol. The van der Waals surface area contributed by atoms with E-state index in [1.807, 2.05) is 24.3 Å². The Bertz CT molecular complexity index is 987. The first-order chi connectivity index (χ1) is 13.0. The number of rotatable bonds is 7. The van der Waals surface area contributed by atoms with E-state index in [-0.39, 0.29) is 13.2 Å². The number of methoxy groups -OCH3 is 1. The number of carbonyl (C=O) groups is 1. The van der Waals surface area contributed by atoms with Crippen LogP contribution < -0.4 is 5.44 Å². The van der Waals surface area contributed by atoms with Crippen LogP contribution in [0.1, 0.15) is 24.2 Å². The third-order valence-electron chi connectivity index (χ3n) is 3.94. The van der Waals surface area contributed by atoms with Gasteiger partial charge in [-0.3, -0.25) is 4.57 Å². The standard InChI is InChI=1S/C19H21N2O5P/c1-4-25-27(23,26-5-2)18-16-8-6-7-9-17(16)20-21(18)15-12-10-14(11-13-15)19(22)24-3/h6-13H,4-5H2,1-3H3. The van der Waals surface area contributed by atoms with Crippen LogP contribution in [0.4, 0.5) is 0 Å². The molecule has 0 atom stereocenters. The molecule has 0 aliphatic rings. The molecule has 0 aliphatic carbocycles. The molecule has 1 aromatic heterocycles. The van der Waals surface area contributed by atoms with Crippen molar-refractivity contribution in [2.75, 3.05) is 20.3 Å². The van der Waals surface area contributed by atoms with Crippen LogP contribution >= 0.6 is 7.60 Å². The summed E-state index contributed by atoms with van der Waals surface area (Å²) in [6.07, 6.45) is 0. The van der Waals surface area contributed by atoms with Gasteiger partial charge in [-0.05, 0) is 44.2 Å². The lowest BCUT2D eigenvalue weighted by molar-refractivity contribution is 0.0600. The minimum Gasteiger partial charge on any atom is -0.465 e. The van der Waals surface area contributed by atoms with Crippen LogP contribution in [0.25, 0.3) is 16.6 Å². The summed E-state index contributed by atoms with van der Waals surface area (Å²) in [7, 11) is -2.27. The number of aromatic nitrogens is 2. The lowest BCUT2D eigenvalue weighted by Crippen LogP contribution is -2.21.